The number of ether oxygens (including phenoxy) is 1. The van der Waals surface area contributed by atoms with E-state index in [4.69, 9.17) is 4.74 Å². The Hall–Kier alpha value is -3.06. The van der Waals surface area contributed by atoms with Gasteiger partial charge in [-0.15, -0.1) is 0 Å². The summed E-state index contributed by atoms with van der Waals surface area (Å²) in [7, 11) is 1.60. The van der Waals surface area contributed by atoms with Crippen molar-refractivity contribution in [3.05, 3.63) is 64.3 Å². The minimum atomic E-state index is -0.955. The number of carbonyl (C=O) groups is 2. The van der Waals surface area contributed by atoms with E-state index in [1.54, 1.807) is 11.7 Å². The van der Waals surface area contributed by atoms with Gasteiger partial charge in [0.25, 0.3) is 0 Å². The van der Waals surface area contributed by atoms with Gasteiger partial charge in [-0.05, 0) is 60.4 Å². The number of anilines is 2. The van der Waals surface area contributed by atoms with E-state index in [2.05, 4.69) is 21.2 Å². The molecule has 2 N–H and O–H groups in total. The molecule has 3 aromatic rings. The van der Waals surface area contributed by atoms with Crippen LogP contribution in [0.5, 0.6) is 5.75 Å². The van der Waals surface area contributed by atoms with Gasteiger partial charge < -0.3 is 19.7 Å². The maximum atomic E-state index is 13.3. The number of hydrogen-bond acceptors (Lipinski definition) is 4. The van der Waals surface area contributed by atoms with Crippen LogP contribution in [0, 0.1) is 5.41 Å². The number of Topliss-reactive ketones (excluding diaryl/α,β-unsaturated/α-hetero) is 1. The Morgan fingerprint density at radius 1 is 1.12 bits per heavy atom. The second-order valence-electron chi connectivity index (χ2n) is 8.83. The van der Waals surface area contributed by atoms with Crippen molar-refractivity contribution in [2.24, 2.45) is 5.41 Å². The van der Waals surface area contributed by atoms with Gasteiger partial charge in [0.1, 0.15) is 12.3 Å². The molecule has 0 saturated heterocycles. The zero-order chi connectivity index (χ0) is 23.0. The highest BCUT2D eigenvalue weighted by Crippen LogP contribution is 2.45. The van der Waals surface area contributed by atoms with Crippen molar-refractivity contribution in [2.45, 2.75) is 33.2 Å². The van der Waals surface area contributed by atoms with E-state index >= 15 is 0 Å². The third kappa shape index (κ3) is 4.30. The van der Waals surface area contributed by atoms with Crippen LogP contribution < -0.4 is 10.1 Å². The lowest BCUT2D eigenvalue weighted by Crippen LogP contribution is -2.29. The number of aliphatic carboxylic acids is 1. The quantitative estimate of drug-likeness (QED) is 0.443. The lowest BCUT2D eigenvalue weighted by Gasteiger charge is -2.29. The minimum Gasteiger partial charge on any atom is -0.497 e. The van der Waals surface area contributed by atoms with Crippen molar-refractivity contribution in [3.8, 4) is 17.0 Å². The zero-order valence-electron chi connectivity index (χ0n) is 18.2. The van der Waals surface area contributed by atoms with Crippen LogP contribution in [-0.2, 0) is 17.8 Å². The summed E-state index contributed by atoms with van der Waals surface area (Å²) in [6, 6.07) is 15.1. The molecule has 7 heteroatoms. The summed E-state index contributed by atoms with van der Waals surface area (Å²) in [5.74, 6) is -0.229. The summed E-state index contributed by atoms with van der Waals surface area (Å²) in [6.07, 6.45) is 1.03. The maximum Gasteiger partial charge on any atom is 0.323 e. The van der Waals surface area contributed by atoms with E-state index in [1.165, 1.54) is 0 Å². The highest BCUT2D eigenvalue weighted by atomic mass is 79.9. The fourth-order valence-corrected chi connectivity index (χ4v) is 4.61. The molecule has 32 heavy (non-hydrogen) atoms. The van der Waals surface area contributed by atoms with Gasteiger partial charge in [-0.3, -0.25) is 9.59 Å². The molecule has 0 atom stereocenters. The molecule has 0 spiro atoms. The summed E-state index contributed by atoms with van der Waals surface area (Å²) in [5.41, 5.74) is 4.06. The molecule has 1 aliphatic rings. The first-order chi connectivity index (χ1) is 15.2. The number of hydrogen-bond donors (Lipinski definition) is 2. The highest BCUT2D eigenvalue weighted by molar-refractivity contribution is 9.10. The number of nitrogens with zero attached hydrogens (tertiary/aromatic N) is 1. The molecule has 6 nitrogen and oxygen atoms in total. The van der Waals surface area contributed by atoms with Gasteiger partial charge in [0.05, 0.1) is 24.1 Å². The lowest BCUT2D eigenvalue weighted by atomic mass is 9.76. The van der Waals surface area contributed by atoms with Gasteiger partial charge in [-0.1, -0.05) is 29.8 Å². The van der Waals surface area contributed by atoms with E-state index in [0.29, 0.717) is 35.5 Å². The Bertz CT molecular complexity index is 1180. The topological polar surface area (TPSA) is 80.6 Å². The Balaban J connectivity index is 1.98. The normalized spacial score (nSPS) is 14.7. The SMILES string of the molecule is COc1ccc(-c2c(Nc3ccc(Br)cc3)c3c(n2CC(=O)O)CC(C)(C)CC3=O)cc1. The van der Waals surface area contributed by atoms with Crippen molar-refractivity contribution >= 4 is 39.1 Å². The molecular weight excluding hydrogens is 472 g/mol. The molecule has 0 radical (unpaired) electrons. The van der Waals surface area contributed by atoms with Crippen LogP contribution in [0.2, 0.25) is 0 Å². The molecule has 2 aromatic carbocycles. The van der Waals surface area contributed by atoms with E-state index in [9.17, 15) is 14.7 Å². The first kappa shape index (κ1) is 22.1. The number of aromatic nitrogens is 1. The van der Waals surface area contributed by atoms with Crippen LogP contribution >= 0.6 is 15.9 Å². The van der Waals surface area contributed by atoms with Crippen LogP contribution in [0.15, 0.2) is 53.0 Å². The first-order valence-electron chi connectivity index (χ1n) is 10.4. The molecule has 0 aliphatic heterocycles. The molecule has 0 unspecified atom stereocenters. The number of ketones is 1. The van der Waals surface area contributed by atoms with E-state index in [1.807, 2.05) is 62.4 Å². The van der Waals surface area contributed by atoms with Crippen LogP contribution in [0.1, 0.15) is 36.3 Å². The molecule has 1 heterocycles. The van der Waals surface area contributed by atoms with Crippen molar-refractivity contribution in [1.29, 1.82) is 0 Å². The number of benzene rings is 2. The fraction of sp³-hybridized carbons (Fsp3) is 0.280. The van der Waals surface area contributed by atoms with Gasteiger partial charge in [0, 0.05) is 27.8 Å². The van der Waals surface area contributed by atoms with Gasteiger partial charge in [-0.25, -0.2) is 0 Å². The zero-order valence-corrected chi connectivity index (χ0v) is 19.8. The fourth-order valence-electron chi connectivity index (χ4n) is 4.35. The summed E-state index contributed by atoms with van der Waals surface area (Å²) in [5, 5.41) is 13.1. The van der Waals surface area contributed by atoms with Crippen LogP contribution in [0.3, 0.4) is 0 Å². The number of halogens is 1. The third-order valence-corrected chi connectivity index (χ3v) is 6.23. The smallest absolute Gasteiger partial charge is 0.323 e. The number of carboxylic acid groups (broad SMARTS) is 1. The Morgan fingerprint density at radius 3 is 2.38 bits per heavy atom. The van der Waals surface area contributed by atoms with E-state index < -0.39 is 5.97 Å². The molecule has 0 fully saturated rings. The van der Waals surface area contributed by atoms with Crippen LogP contribution in [0.25, 0.3) is 11.3 Å². The average molecular weight is 497 g/mol. The number of carbonyl (C=O) groups excluding carboxylic acids is 1. The summed E-state index contributed by atoms with van der Waals surface area (Å²) >= 11 is 3.45. The van der Waals surface area contributed by atoms with Gasteiger partial charge in [-0.2, -0.15) is 0 Å². The predicted molar refractivity (Wildman–Crippen MR) is 128 cm³/mol. The molecule has 0 saturated carbocycles. The number of fused-ring (bicyclic) bond motifs is 1. The summed E-state index contributed by atoms with van der Waals surface area (Å²) < 4.78 is 8.01. The minimum absolute atomic E-state index is 0.0229. The van der Waals surface area contributed by atoms with Crippen molar-refractivity contribution in [2.75, 3.05) is 12.4 Å². The summed E-state index contributed by atoms with van der Waals surface area (Å²) in [4.78, 5) is 25.2. The molecule has 0 amide bonds. The monoisotopic (exact) mass is 496 g/mol. The van der Waals surface area contributed by atoms with E-state index in [0.717, 1.165) is 21.4 Å². The van der Waals surface area contributed by atoms with Crippen LogP contribution in [-0.4, -0.2) is 28.5 Å². The Morgan fingerprint density at radius 2 is 1.78 bits per heavy atom. The molecule has 4 rings (SSSR count). The number of carboxylic acids is 1. The van der Waals surface area contributed by atoms with Gasteiger partial charge >= 0.3 is 5.97 Å². The number of rotatable bonds is 6. The largest absolute Gasteiger partial charge is 0.497 e. The summed E-state index contributed by atoms with van der Waals surface area (Å²) in [6.45, 7) is 3.86. The van der Waals surface area contributed by atoms with Crippen LogP contribution in [0.4, 0.5) is 11.4 Å². The number of methoxy groups -OCH3 is 1. The second-order valence-corrected chi connectivity index (χ2v) is 9.74. The standard InChI is InChI=1S/C25H25BrN2O4/c1-25(2)12-19-22(20(29)13-25)23(27-17-8-6-16(26)7-9-17)24(28(19)14-21(30)31)15-4-10-18(32-3)11-5-15/h4-11,27H,12-14H2,1-3H3,(H,30,31). The Labute approximate surface area is 195 Å². The maximum absolute atomic E-state index is 13.3. The lowest BCUT2D eigenvalue weighted by molar-refractivity contribution is -0.137. The third-order valence-electron chi connectivity index (χ3n) is 5.71. The molecule has 166 valence electrons. The second kappa shape index (κ2) is 8.47. The van der Waals surface area contributed by atoms with Crippen molar-refractivity contribution in [3.63, 3.8) is 0 Å². The molecule has 0 bridgehead atoms. The van der Waals surface area contributed by atoms with Gasteiger partial charge in [0.2, 0.25) is 0 Å². The van der Waals surface area contributed by atoms with Crippen molar-refractivity contribution in [1.82, 2.24) is 4.57 Å². The first-order valence-corrected chi connectivity index (χ1v) is 11.2. The average Bonchev–Trinajstić information content (AvgIpc) is 3.01. The predicted octanol–water partition coefficient (Wildman–Crippen LogP) is 5.91. The van der Waals surface area contributed by atoms with Gasteiger partial charge in [0.15, 0.2) is 5.78 Å². The highest BCUT2D eigenvalue weighted by Gasteiger charge is 2.38. The molecular formula is C25H25BrN2O4. The molecule has 1 aromatic heterocycles. The van der Waals surface area contributed by atoms with E-state index in [-0.39, 0.29) is 17.7 Å². The number of nitrogens with one attached hydrogen (secondary N) is 1. The van der Waals surface area contributed by atoms with Crippen molar-refractivity contribution < 1.29 is 19.4 Å². The molecule has 1 aliphatic carbocycles. The Kier molecular flexibility index (Phi) is 5.86.